The minimum Gasteiger partial charge on any atom is -0.497 e. The van der Waals surface area contributed by atoms with Crippen LogP contribution in [0.1, 0.15) is 32.8 Å². The molecule has 0 aliphatic heterocycles. The minimum atomic E-state index is 0.379. The van der Waals surface area contributed by atoms with Crippen molar-refractivity contribution in [3.8, 4) is 5.75 Å². The van der Waals surface area contributed by atoms with Crippen molar-refractivity contribution in [2.75, 3.05) is 26.8 Å². The van der Waals surface area contributed by atoms with Crippen LogP contribution in [0.15, 0.2) is 29.3 Å². The van der Waals surface area contributed by atoms with E-state index < -0.39 is 0 Å². The zero-order valence-electron chi connectivity index (χ0n) is 14.2. The summed E-state index contributed by atoms with van der Waals surface area (Å²) >= 11 is 0. The average molecular weight is 307 g/mol. The molecule has 0 aliphatic carbocycles. The third-order valence-electron chi connectivity index (χ3n) is 2.91. The van der Waals surface area contributed by atoms with Crippen LogP contribution in [0, 0.1) is 0 Å². The van der Waals surface area contributed by atoms with Crippen molar-refractivity contribution in [3.05, 3.63) is 29.8 Å². The topological polar surface area (TPSA) is 54.9 Å². The molecule has 0 unspecified atom stereocenters. The number of nitrogens with zero attached hydrogens (tertiary/aromatic N) is 1. The van der Waals surface area contributed by atoms with Crippen LogP contribution < -0.4 is 15.4 Å². The fraction of sp³-hybridized carbons (Fsp3) is 0.588. The number of hydrogen-bond acceptors (Lipinski definition) is 3. The van der Waals surface area contributed by atoms with Crippen molar-refractivity contribution in [1.29, 1.82) is 0 Å². The van der Waals surface area contributed by atoms with Gasteiger partial charge in [-0.3, -0.25) is 4.99 Å². The van der Waals surface area contributed by atoms with Crippen molar-refractivity contribution in [2.45, 2.75) is 39.8 Å². The predicted molar refractivity (Wildman–Crippen MR) is 91.5 cm³/mol. The molecule has 0 heterocycles. The van der Waals surface area contributed by atoms with Gasteiger partial charge in [-0.25, -0.2) is 0 Å². The highest BCUT2D eigenvalue weighted by atomic mass is 16.5. The molecule has 5 nitrogen and oxygen atoms in total. The molecule has 1 aromatic carbocycles. The Hall–Kier alpha value is -1.75. The van der Waals surface area contributed by atoms with Gasteiger partial charge in [-0.15, -0.1) is 0 Å². The van der Waals surface area contributed by atoms with Crippen molar-refractivity contribution in [1.82, 2.24) is 10.6 Å². The second kappa shape index (κ2) is 10.9. The van der Waals surface area contributed by atoms with Gasteiger partial charge >= 0.3 is 0 Å². The quantitative estimate of drug-likeness (QED) is 0.418. The molecule has 0 amide bonds. The van der Waals surface area contributed by atoms with Gasteiger partial charge in [-0.1, -0.05) is 12.1 Å². The van der Waals surface area contributed by atoms with E-state index in [0.717, 1.165) is 36.8 Å². The smallest absolute Gasteiger partial charge is 0.191 e. The number of methoxy groups -OCH3 is 1. The summed E-state index contributed by atoms with van der Waals surface area (Å²) in [7, 11) is 1.67. The lowest BCUT2D eigenvalue weighted by Crippen LogP contribution is -2.41. The molecule has 0 saturated heterocycles. The largest absolute Gasteiger partial charge is 0.497 e. The number of benzene rings is 1. The Morgan fingerprint density at radius 2 is 1.95 bits per heavy atom. The first-order valence-electron chi connectivity index (χ1n) is 7.91. The molecule has 1 aromatic rings. The molecule has 1 rings (SSSR count). The van der Waals surface area contributed by atoms with Gasteiger partial charge in [-0.2, -0.15) is 0 Å². The van der Waals surface area contributed by atoms with Crippen LogP contribution in [0.5, 0.6) is 5.75 Å². The van der Waals surface area contributed by atoms with Crippen LogP contribution in [0.3, 0.4) is 0 Å². The summed E-state index contributed by atoms with van der Waals surface area (Å²) in [6, 6.07) is 8.32. The molecule has 0 aromatic heterocycles. The molecule has 2 N–H and O–H groups in total. The molecule has 22 heavy (non-hydrogen) atoms. The maximum Gasteiger partial charge on any atom is 0.191 e. The Morgan fingerprint density at radius 1 is 1.23 bits per heavy atom. The highest BCUT2D eigenvalue weighted by Gasteiger charge is 1.99. The second-order valence-corrected chi connectivity index (χ2v) is 5.31. The van der Waals surface area contributed by atoms with E-state index in [1.54, 1.807) is 7.11 Å². The lowest BCUT2D eigenvalue weighted by Gasteiger charge is -2.13. The molecule has 0 aliphatic rings. The predicted octanol–water partition coefficient (Wildman–Crippen LogP) is 2.57. The number of ether oxygens (including phenoxy) is 2. The van der Waals surface area contributed by atoms with Gasteiger partial charge in [0.25, 0.3) is 0 Å². The van der Waals surface area contributed by atoms with E-state index in [1.165, 1.54) is 0 Å². The van der Waals surface area contributed by atoms with E-state index in [4.69, 9.17) is 9.47 Å². The van der Waals surface area contributed by atoms with E-state index >= 15 is 0 Å². The van der Waals surface area contributed by atoms with Gasteiger partial charge in [0, 0.05) is 25.7 Å². The first-order valence-corrected chi connectivity index (χ1v) is 7.91. The SMILES string of the molecule is CCNC(=NCCCOCc1ccc(OC)cc1)NC(C)C. The van der Waals surface area contributed by atoms with E-state index in [0.29, 0.717) is 19.3 Å². The zero-order chi connectivity index (χ0) is 16.2. The van der Waals surface area contributed by atoms with Crippen molar-refractivity contribution in [2.24, 2.45) is 4.99 Å². The fourth-order valence-electron chi connectivity index (χ4n) is 1.86. The number of hydrogen-bond donors (Lipinski definition) is 2. The molecule has 0 spiro atoms. The highest BCUT2D eigenvalue weighted by Crippen LogP contribution is 2.11. The number of nitrogens with one attached hydrogen (secondary N) is 2. The average Bonchev–Trinajstić information content (AvgIpc) is 2.51. The normalized spacial score (nSPS) is 11.6. The molecular weight excluding hydrogens is 278 g/mol. The Bertz CT molecular complexity index is 430. The van der Waals surface area contributed by atoms with Gasteiger partial charge in [0.2, 0.25) is 0 Å². The lowest BCUT2D eigenvalue weighted by atomic mass is 10.2. The van der Waals surface area contributed by atoms with Crippen LogP contribution >= 0.6 is 0 Å². The molecular formula is C17H29N3O2. The number of guanidine groups is 1. The van der Waals surface area contributed by atoms with E-state index in [9.17, 15) is 0 Å². The fourth-order valence-corrected chi connectivity index (χ4v) is 1.86. The van der Waals surface area contributed by atoms with Crippen molar-refractivity contribution < 1.29 is 9.47 Å². The molecule has 0 bridgehead atoms. The highest BCUT2D eigenvalue weighted by molar-refractivity contribution is 5.79. The Balaban J connectivity index is 2.20. The van der Waals surface area contributed by atoms with Gasteiger partial charge in [0.1, 0.15) is 5.75 Å². The Labute approximate surface area is 134 Å². The zero-order valence-corrected chi connectivity index (χ0v) is 14.2. The van der Waals surface area contributed by atoms with Gasteiger partial charge < -0.3 is 20.1 Å². The maximum atomic E-state index is 5.67. The summed E-state index contributed by atoms with van der Waals surface area (Å²) in [4.78, 5) is 4.52. The molecule has 0 fully saturated rings. The third kappa shape index (κ3) is 7.88. The second-order valence-electron chi connectivity index (χ2n) is 5.31. The maximum absolute atomic E-state index is 5.67. The lowest BCUT2D eigenvalue weighted by molar-refractivity contribution is 0.120. The summed E-state index contributed by atoms with van der Waals surface area (Å²) in [6.07, 6.45) is 0.908. The van der Waals surface area contributed by atoms with Crippen LogP contribution in [0.4, 0.5) is 0 Å². The monoisotopic (exact) mass is 307 g/mol. The summed E-state index contributed by atoms with van der Waals surface area (Å²) in [5.41, 5.74) is 1.15. The Morgan fingerprint density at radius 3 is 2.55 bits per heavy atom. The molecule has 0 atom stereocenters. The van der Waals surface area contributed by atoms with Gasteiger partial charge in [0.15, 0.2) is 5.96 Å². The van der Waals surface area contributed by atoms with Crippen LogP contribution in [0.2, 0.25) is 0 Å². The third-order valence-corrected chi connectivity index (χ3v) is 2.91. The van der Waals surface area contributed by atoms with Gasteiger partial charge in [0.05, 0.1) is 13.7 Å². The van der Waals surface area contributed by atoms with E-state index in [-0.39, 0.29) is 0 Å². The first kappa shape index (κ1) is 18.3. The number of rotatable bonds is 9. The Kier molecular flexibility index (Phi) is 9.07. The first-order chi connectivity index (χ1) is 10.7. The summed E-state index contributed by atoms with van der Waals surface area (Å²) in [5.74, 6) is 1.74. The van der Waals surface area contributed by atoms with Crippen molar-refractivity contribution >= 4 is 5.96 Å². The van der Waals surface area contributed by atoms with Crippen LogP contribution in [-0.4, -0.2) is 38.8 Å². The van der Waals surface area contributed by atoms with Crippen LogP contribution in [-0.2, 0) is 11.3 Å². The number of aliphatic imine (C=N–C) groups is 1. The molecule has 124 valence electrons. The molecule has 0 saturated carbocycles. The minimum absolute atomic E-state index is 0.379. The van der Waals surface area contributed by atoms with Crippen LogP contribution in [0.25, 0.3) is 0 Å². The van der Waals surface area contributed by atoms with Crippen molar-refractivity contribution in [3.63, 3.8) is 0 Å². The summed E-state index contributed by atoms with van der Waals surface area (Å²) in [6.45, 7) is 9.22. The van der Waals surface area contributed by atoms with E-state index in [2.05, 4.69) is 36.4 Å². The van der Waals surface area contributed by atoms with Gasteiger partial charge in [-0.05, 0) is 44.9 Å². The summed E-state index contributed by atoms with van der Waals surface area (Å²) < 4.78 is 10.8. The standard InChI is InChI=1S/C17H29N3O2/c1-5-18-17(20-14(2)3)19-11-6-12-22-13-15-7-9-16(21-4)10-8-15/h7-10,14H,5-6,11-13H2,1-4H3,(H2,18,19,20). The molecule has 0 radical (unpaired) electrons. The summed E-state index contributed by atoms with van der Waals surface area (Å²) in [5, 5.41) is 6.52. The van der Waals surface area contributed by atoms with E-state index in [1.807, 2.05) is 24.3 Å². The molecule has 5 heteroatoms.